The smallest absolute Gasteiger partial charge is 0.0910 e. The van der Waals surface area contributed by atoms with E-state index in [2.05, 4.69) is 25.9 Å². The molecule has 1 heterocycles. The molecule has 0 N–H and O–H groups in total. The van der Waals surface area contributed by atoms with Gasteiger partial charge in [0.1, 0.15) is 0 Å². The molecule has 13 heavy (non-hydrogen) atoms. The summed E-state index contributed by atoms with van der Waals surface area (Å²) in [5, 5.41) is 4.33. The topological polar surface area (TPSA) is 27.1 Å². The molecule has 0 saturated carbocycles. The summed E-state index contributed by atoms with van der Waals surface area (Å²) in [6, 6.07) is 2.01. The second kappa shape index (κ2) is 5.02. The van der Waals surface area contributed by atoms with Crippen LogP contribution < -0.4 is 0 Å². The van der Waals surface area contributed by atoms with Crippen molar-refractivity contribution in [3.63, 3.8) is 0 Å². The highest BCUT2D eigenvalue weighted by Gasteiger charge is 2.01. The molecule has 1 atom stereocenters. The van der Waals surface area contributed by atoms with E-state index in [0.29, 0.717) is 12.7 Å². The van der Waals surface area contributed by atoms with Gasteiger partial charge in [0.05, 0.1) is 18.4 Å². The van der Waals surface area contributed by atoms with E-state index < -0.39 is 0 Å². The Morgan fingerprint density at radius 2 is 2.31 bits per heavy atom. The molecule has 0 spiro atoms. The van der Waals surface area contributed by atoms with Crippen LogP contribution in [0.5, 0.6) is 0 Å². The van der Waals surface area contributed by atoms with E-state index in [9.17, 15) is 0 Å². The highest BCUT2D eigenvalue weighted by atomic mass is 16.5. The summed E-state index contributed by atoms with van der Waals surface area (Å²) in [7, 11) is 0. The summed E-state index contributed by atoms with van der Waals surface area (Å²) < 4.78 is 7.47. The number of nitrogens with zero attached hydrogens (tertiary/aromatic N) is 2. The van der Waals surface area contributed by atoms with Crippen LogP contribution in [0.1, 0.15) is 32.9 Å². The van der Waals surface area contributed by atoms with Gasteiger partial charge in [-0.15, -0.1) is 0 Å². The Morgan fingerprint density at radius 3 is 2.85 bits per heavy atom. The Kier molecular flexibility index (Phi) is 3.96. The predicted molar refractivity (Wildman–Crippen MR) is 52.4 cm³/mol. The molecule has 0 fully saturated rings. The van der Waals surface area contributed by atoms with Gasteiger partial charge in [-0.1, -0.05) is 6.92 Å². The zero-order chi connectivity index (χ0) is 9.68. The Hall–Kier alpha value is -0.830. The van der Waals surface area contributed by atoms with Gasteiger partial charge in [0.25, 0.3) is 0 Å². The van der Waals surface area contributed by atoms with Crippen LogP contribution in [0.2, 0.25) is 0 Å². The second-order valence-corrected chi connectivity index (χ2v) is 3.19. The molecule has 3 nitrogen and oxygen atoms in total. The Labute approximate surface area is 79.7 Å². The fraction of sp³-hybridized carbons (Fsp3) is 0.700. The summed E-state index contributed by atoms with van der Waals surface area (Å²) in [5.41, 5.74) is 1.02. The SMILES string of the molecule is CC[C@@H](C)OCc1ccn(CC)n1. The zero-order valence-electron chi connectivity index (χ0n) is 8.66. The summed E-state index contributed by atoms with van der Waals surface area (Å²) in [4.78, 5) is 0. The largest absolute Gasteiger partial charge is 0.372 e. The normalized spacial score (nSPS) is 13.2. The van der Waals surface area contributed by atoms with Crippen molar-refractivity contribution in [1.29, 1.82) is 0 Å². The quantitative estimate of drug-likeness (QED) is 0.698. The van der Waals surface area contributed by atoms with Crippen molar-refractivity contribution >= 4 is 0 Å². The average Bonchev–Trinajstić information content (AvgIpc) is 2.61. The minimum Gasteiger partial charge on any atom is -0.372 e. The first-order valence-corrected chi connectivity index (χ1v) is 4.90. The van der Waals surface area contributed by atoms with Crippen molar-refractivity contribution in [3.05, 3.63) is 18.0 Å². The maximum absolute atomic E-state index is 5.56. The fourth-order valence-corrected chi connectivity index (χ4v) is 1.00. The summed E-state index contributed by atoms with van der Waals surface area (Å²) in [6.07, 6.45) is 3.36. The van der Waals surface area contributed by atoms with Crippen LogP contribution in [0, 0.1) is 0 Å². The number of aromatic nitrogens is 2. The number of aryl methyl sites for hydroxylation is 1. The molecule has 3 heteroatoms. The molecule has 0 aliphatic rings. The molecule has 0 aliphatic heterocycles. The van der Waals surface area contributed by atoms with E-state index in [0.717, 1.165) is 18.7 Å². The molecule has 0 saturated heterocycles. The van der Waals surface area contributed by atoms with Crippen molar-refractivity contribution in [1.82, 2.24) is 9.78 Å². The van der Waals surface area contributed by atoms with Gasteiger partial charge in [-0.25, -0.2) is 0 Å². The number of hydrogen-bond donors (Lipinski definition) is 0. The van der Waals surface area contributed by atoms with E-state index in [1.807, 2.05) is 16.9 Å². The van der Waals surface area contributed by atoms with Crippen molar-refractivity contribution in [2.75, 3.05) is 0 Å². The molecule has 0 aliphatic carbocycles. The van der Waals surface area contributed by atoms with Crippen molar-refractivity contribution < 1.29 is 4.74 Å². The summed E-state index contributed by atoms with van der Waals surface area (Å²) >= 11 is 0. The van der Waals surface area contributed by atoms with Crippen LogP contribution in [-0.4, -0.2) is 15.9 Å². The highest BCUT2D eigenvalue weighted by molar-refractivity contribution is 4.96. The second-order valence-electron chi connectivity index (χ2n) is 3.19. The zero-order valence-corrected chi connectivity index (χ0v) is 8.66. The molecule has 74 valence electrons. The van der Waals surface area contributed by atoms with Gasteiger partial charge in [0, 0.05) is 12.7 Å². The van der Waals surface area contributed by atoms with Gasteiger partial charge in [-0.3, -0.25) is 4.68 Å². The third-order valence-corrected chi connectivity index (χ3v) is 2.11. The molecule has 1 aromatic heterocycles. The van der Waals surface area contributed by atoms with Gasteiger partial charge in [-0.2, -0.15) is 5.10 Å². The standard InChI is InChI=1S/C10H18N2O/c1-4-9(3)13-8-10-6-7-12(5-2)11-10/h6-7,9H,4-5,8H2,1-3H3/t9-/m1/s1. The molecular weight excluding hydrogens is 164 g/mol. The van der Waals surface area contributed by atoms with Crippen LogP contribution in [0.15, 0.2) is 12.3 Å². The first kappa shape index (κ1) is 10.3. The molecule has 0 amide bonds. The van der Waals surface area contributed by atoms with Crippen LogP contribution in [0.4, 0.5) is 0 Å². The first-order valence-electron chi connectivity index (χ1n) is 4.90. The number of ether oxygens (including phenoxy) is 1. The van der Waals surface area contributed by atoms with E-state index in [-0.39, 0.29) is 0 Å². The minimum atomic E-state index is 0.326. The van der Waals surface area contributed by atoms with E-state index in [4.69, 9.17) is 4.74 Å². The lowest BCUT2D eigenvalue weighted by Crippen LogP contribution is -2.06. The lowest BCUT2D eigenvalue weighted by molar-refractivity contribution is 0.0486. The Morgan fingerprint density at radius 1 is 1.54 bits per heavy atom. The third kappa shape index (κ3) is 3.19. The molecule has 1 aromatic rings. The lowest BCUT2D eigenvalue weighted by Gasteiger charge is -2.08. The van der Waals surface area contributed by atoms with Gasteiger partial charge < -0.3 is 4.74 Å². The van der Waals surface area contributed by atoms with E-state index in [1.165, 1.54) is 0 Å². The molecule has 0 aromatic carbocycles. The lowest BCUT2D eigenvalue weighted by atomic mass is 10.3. The maximum atomic E-state index is 5.56. The number of rotatable bonds is 5. The van der Waals surface area contributed by atoms with Crippen molar-refractivity contribution in [2.45, 2.75) is 46.4 Å². The highest BCUT2D eigenvalue weighted by Crippen LogP contribution is 2.03. The van der Waals surface area contributed by atoms with Gasteiger partial charge in [0.15, 0.2) is 0 Å². The monoisotopic (exact) mass is 182 g/mol. The molecule has 0 bridgehead atoms. The molecule has 1 rings (SSSR count). The molecule has 0 radical (unpaired) electrons. The Bertz CT molecular complexity index is 245. The fourth-order valence-electron chi connectivity index (χ4n) is 1.00. The third-order valence-electron chi connectivity index (χ3n) is 2.11. The number of hydrogen-bond acceptors (Lipinski definition) is 2. The van der Waals surface area contributed by atoms with Crippen LogP contribution in [-0.2, 0) is 17.9 Å². The summed E-state index contributed by atoms with van der Waals surface area (Å²) in [5.74, 6) is 0. The Balaban J connectivity index is 2.36. The average molecular weight is 182 g/mol. The van der Waals surface area contributed by atoms with Crippen LogP contribution in [0.3, 0.4) is 0 Å². The molecular formula is C10H18N2O. The van der Waals surface area contributed by atoms with Gasteiger partial charge in [-0.05, 0) is 26.3 Å². The van der Waals surface area contributed by atoms with Gasteiger partial charge >= 0.3 is 0 Å². The van der Waals surface area contributed by atoms with Crippen molar-refractivity contribution in [3.8, 4) is 0 Å². The van der Waals surface area contributed by atoms with Crippen molar-refractivity contribution in [2.24, 2.45) is 0 Å². The van der Waals surface area contributed by atoms with Gasteiger partial charge in [0.2, 0.25) is 0 Å². The van der Waals surface area contributed by atoms with E-state index in [1.54, 1.807) is 0 Å². The first-order chi connectivity index (χ1) is 6.26. The maximum Gasteiger partial charge on any atom is 0.0910 e. The minimum absolute atomic E-state index is 0.326. The molecule has 0 unspecified atom stereocenters. The van der Waals surface area contributed by atoms with E-state index >= 15 is 0 Å². The van der Waals surface area contributed by atoms with Crippen LogP contribution >= 0.6 is 0 Å². The predicted octanol–water partition coefficient (Wildman–Crippen LogP) is 2.22. The van der Waals surface area contributed by atoms with Crippen LogP contribution in [0.25, 0.3) is 0 Å². The summed E-state index contributed by atoms with van der Waals surface area (Å²) in [6.45, 7) is 7.82.